The number of nitrogens with zero attached hydrogens (tertiary/aromatic N) is 1. The number of carbonyl (C=O) groups excluding carboxylic acids is 2. The molecule has 1 aliphatic heterocycles. The number of halogens is 4. The largest absolute Gasteiger partial charge is 0.474 e. The minimum atomic E-state index is -4.56. The molecule has 0 spiro atoms. The normalized spacial score (nSPS) is 16.0. The predicted octanol–water partition coefficient (Wildman–Crippen LogP) is 5.03. The molecule has 0 aromatic heterocycles. The Hall–Kier alpha value is -2.74. The van der Waals surface area contributed by atoms with Crippen molar-refractivity contribution in [1.82, 2.24) is 4.90 Å². The van der Waals surface area contributed by atoms with Crippen molar-refractivity contribution >= 4 is 23.5 Å². The molecule has 1 unspecified atom stereocenters. The molecular weight excluding hydrogens is 435 g/mol. The van der Waals surface area contributed by atoms with Crippen LogP contribution in [0.5, 0.6) is 5.75 Å². The van der Waals surface area contributed by atoms with Gasteiger partial charge in [0.2, 0.25) is 6.10 Å². The average Bonchev–Trinajstić information content (AvgIpc) is 3.26. The first kappa shape index (κ1) is 22.9. The van der Waals surface area contributed by atoms with E-state index in [9.17, 15) is 22.8 Å². The molecule has 0 aliphatic carbocycles. The van der Waals surface area contributed by atoms with E-state index in [2.05, 4.69) is 0 Å². The Bertz CT molecular complexity index is 927. The second-order valence-corrected chi connectivity index (χ2v) is 7.62. The molecular formula is C22H21ClF3NO4. The summed E-state index contributed by atoms with van der Waals surface area (Å²) in [6, 6.07) is 10.3. The minimum Gasteiger partial charge on any atom is -0.474 e. The molecule has 0 saturated carbocycles. The number of hydrogen-bond donors (Lipinski definition) is 0. The van der Waals surface area contributed by atoms with Crippen LogP contribution in [0.15, 0.2) is 48.5 Å². The summed E-state index contributed by atoms with van der Waals surface area (Å²) in [5.41, 5.74) is -0.585. The van der Waals surface area contributed by atoms with Gasteiger partial charge in [0.05, 0.1) is 5.56 Å². The Morgan fingerprint density at radius 1 is 1.06 bits per heavy atom. The Morgan fingerprint density at radius 3 is 2.32 bits per heavy atom. The molecule has 2 atom stereocenters. The zero-order valence-corrected chi connectivity index (χ0v) is 17.4. The lowest BCUT2D eigenvalue weighted by Crippen LogP contribution is -2.39. The Morgan fingerprint density at radius 2 is 1.71 bits per heavy atom. The standard InChI is InChI=1S/C22H21ClF3NO4/c1-14(20(28)27-11-2-3-12-27)30-21(29)19(15-7-9-17(23)10-8-15)31-18-6-4-5-16(13-18)22(24,25)26/h4-10,13-14,19H,2-3,11-12H2,1H3/t14?,19-/m1/s1. The van der Waals surface area contributed by atoms with Crippen molar-refractivity contribution in [3.8, 4) is 5.75 Å². The van der Waals surface area contributed by atoms with E-state index in [4.69, 9.17) is 21.1 Å². The molecule has 5 nitrogen and oxygen atoms in total. The van der Waals surface area contributed by atoms with Gasteiger partial charge in [0.25, 0.3) is 5.91 Å². The van der Waals surface area contributed by atoms with Crippen LogP contribution < -0.4 is 4.74 Å². The topological polar surface area (TPSA) is 55.8 Å². The fraction of sp³-hybridized carbons (Fsp3) is 0.364. The van der Waals surface area contributed by atoms with Crippen LogP contribution in [0.1, 0.15) is 37.0 Å². The maximum absolute atomic E-state index is 13.0. The first-order chi connectivity index (χ1) is 14.6. The van der Waals surface area contributed by atoms with Crippen LogP contribution in [-0.2, 0) is 20.5 Å². The second-order valence-electron chi connectivity index (χ2n) is 7.19. The molecule has 31 heavy (non-hydrogen) atoms. The summed E-state index contributed by atoms with van der Waals surface area (Å²) >= 11 is 5.89. The Balaban J connectivity index is 1.82. The molecule has 1 saturated heterocycles. The zero-order valence-electron chi connectivity index (χ0n) is 16.7. The summed E-state index contributed by atoms with van der Waals surface area (Å²) in [4.78, 5) is 26.9. The SMILES string of the molecule is CC(OC(=O)[C@H](Oc1cccc(C(F)(F)F)c1)c1ccc(Cl)cc1)C(=O)N1CCCC1. The van der Waals surface area contributed by atoms with E-state index in [0.29, 0.717) is 23.7 Å². The molecule has 1 fully saturated rings. The summed E-state index contributed by atoms with van der Waals surface area (Å²) in [6.07, 6.45) is -5.22. The molecule has 0 N–H and O–H groups in total. The van der Waals surface area contributed by atoms with Gasteiger partial charge in [-0.3, -0.25) is 4.79 Å². The van der Waals surface area contributed by atoms with E-state index in [1.807, 2.05) is 0 Å². The van der Waals surface area contributed by atoms with Crippen LogP contribution in [-0.4, -0.2) is 36.0 Å². The van der Waals surface area contributed by atoms with Crippen molar-refractivity contribution in [1.29, 1.82) is 0 Å². The van der Waals surface area contributed by atoms with Gasteiger partial charge in [-0.15, -0.1) is 0 Å². The van der Waals surface area contributed by atoms with Gasteiger partial charge in [-0.2, -0.15) is 13.2 Å². The van der Waals surface area contributed by atoms with Gasteiger partial charge in [-0.1, -0.05) is 29.8 Å². The number of ether oxygens (including phenoxy) is 2. The van der Waals surface area contributed by atoms with Gasteiger partial charge in [0.15, 0.2) is 6.10 Å². The zero-order chi connectivity index (χ0) is 22.6. The second kappa shape index (κ2) is 9.60. The van der Waals surface area contributed by atoms with Gasteiger partial charge in [0, 0.05) is 23.7 Å². The highest BCUT2D eigenvalue weighted by Gasteiger charge is 2.33. The number of likely N-dealkylation sites (tertiary alicyclic amines) is 1. The lowest BCUT2D eigenvalue weighted by molar-refractivity contribution is -0.164. The van der Waals surface area contributed by atoms with Crippen LogP contribution in [0, 0.1) is 0 Å². The van der Waals surface area contributed by atoms with Crippen LogP contribution in [0.25, 0.3) is 0 Å². The van der Waals surface area contributed by atoms with Crippen LogP contribution >= 0.6 is 11.6 Å². The molecule has 9 heteroatoms. The third-order valence-electron chi connectivity index (χ3n) is 4.86. The molecule has 166 valence electrons. The van der Waals surface area contributed by atoms with Crippen molar-refractivity contribution in [3.63, 3.8) is 0 Å². The molecule has 0 radical (unpaired) electrons. The summed E-state index contributed by atoms with van der Waals surface area (Å²) < 4.78 is 50.0. The third-order valence-corrected chi connectivity index (χ3v) is 5.11. The summed E-state index contributed by atoms with van der Waals surface area (Å²) in [5, 5.41) is 0.410. The van der Waals surface area contributed by atoms with E-state index in [0.717, 1.165) is 25.0 Å². The smallest absolute Gasteiger partial charge is 0.416 e. The molecule has 2 aromatic carbocycles. The number of amides is 1. The number of hydrogen-bond acceptors (Lipinski definition) is 4. The summed E-state index contributed by atoms with van der Waals surface area (Å²) in [6.45, 7) is 2.66. The molecule has 0 bridgehead atoms. The van der Waals surface area contributed by atoms with Crippen molar-refractivity contribution in [3.05, 3.63) is 64.7 Å². The van der Waals surface area contributed by atoms with Crippen molar-refractivity contribution in [2.45, 2.75) is 38.1 Å². The first-order valence-electron chi connectivity index (χ1n) is 9.74. The van der Waals surface area contributed by atoms with Crippen LogP contribution in [0.3, 0.4) is 0 Å². The average molecular weight is 456 g/mol. The summed E-state index contributed by atoms with van der Waals surface area (Å²) in [5.74, 6) is -1.37. The number of benzene rings is 2. The predicted molar refractivity (Wildman–Crippen MR) is 108 cm³/mol. The van der Waals surface area contributed by atoms with Gasteiger partial charge in [-0.05, 0) is 50.1 Å². The van der Waals surface area contributed by atoms with Gasteiger partial charge >= 0.3 is 12.1 Å². The minimum absolute atomic E-state index is 0.162. The molecule has 2 aromatic rings. The maximum Gasteiger partial charge on any atom is 0.416 e. The quantitative estimate of drug-likeness (QED) is 0.573. The van der Waals surface area contributed by atoms with E-state index >= 15 is 0 Å². The van der Waals surface area contributed by atoms with Crippen molar-refractivity contribution in [2.75, 3.05) is 13.1 Å². The Labute approximate surface area is 182 Å². The maximum atomic E-state index is 13.0. The highest BCUT2D eigenvalue weighted by Crippen LogP contribution is 2.33. The number of carbonyl (C=O) groups is 2. The lowest BCUT2D eigenvalue weighted by Gasteiger charge is -2.24. The number of alkyl halides is 3. The van der Waals surface area contributed by atoms with E-state index in [1.165, 1.54) is 43.3 Å². The molecule has 3 rings (SSSR count). The van der Waals surface area contributed by atoms with Crippen molar-refractivity contribution < 1.29 is 32.2 Å². The fourth-order valence-corrected chi connectivity index (χ4v) is 3.38. The fourth-order valence-electron chi connectivity index (χ4n) is 3.25. The monoisotopic (exact) mass is 455 g/mol. The van der Waals surface area contributed by atoms with Crippen LogP contribution in [0.2, 0.25) is 5.02 Å². The summed E-state index contributed by atoms with van der Waals surface area (Å²) in [7, 11) is 0. The highest BCUT2D eigenvalue weighted by atomic mass is 35.5. The van der Waals surface area contributed by atoms with Crippen molar-refractivity contribution in [2.24, 2.45) is 0 Å². The lowest BCUT2D eigenvalue weighted by atomic mass is 10.1. The van der Waals surface area contributed by atoms with E-state index < -0.39 is 29.9 Å². The molecule has 1 heterocycles. The van der Waals surface area contributed by atoms with Crippen LogP contribution in [0.4, 0.5) is 13.2 Å². The van der Waals surface area contributed by atoms with E-state index in [1.54, 1.807) is 4.90 Å². The van der Waals surface area contributed by atoms with Gasteiger partial charge in [0.1, 0.15) is 5.75 Å². The van der Waals surface area contributed by atoms with E-state index in [-0.39, 0.29) is 11.7 Å². The first-order valence-corrected chi connectivity index (χ1v) is 10.1. The number of esters is 1. The molecule has 1 aliphatic rings. The third kappa shape index (κ3) is 5.91. The van der Waals surface area contributed by atoms with Gasteiger partial charge in [-0.25, -0.2) is 4.79 Å². The van der Waals surface area contributed by atoms with Gasteiger partial charge < -0.3 is 14.4 Å². The molecule has 1 amide bonds. The Kier molecular flexibility index (Phi) is 7.10. The highest BCUT2D eigenvalue weighted by molar-refractivity contribution is 6.30. The number of rotatable bonds is 6.